The van der Waals surface area contributed by atoms with Gasteiger partial charge in [-0.3, -0.25) is 4.68 Å². The Labute approximate surface area is 108 Å². The topological polar surface area (TPSA) is 80.0 Å². The van der Waals surface area contributed by atoms with Gasteiger partial charge in [0.05, 0.1) is 12.1 Å². The van der Waals surface area contributed by atoms with Crippen LogP contribution in [0.1, 0.15) is 16.2 Å². The van der Waals surface area contributed by atoms with E-state index in [4.69, 9.17) is 16.7 Å². The summed E-state index contributed by atoms with van der Waals surface area (Å²) in [4.78, 5) is 15.1. The zero-order chi connectivity index (χ0) is 13.1. The van der Waals surface area contributed by atoms with Gasteiger partial charge in [-0.25, -0.2) is 9.78 Å². The normalized spacial score (nSPS) is 10.3. The molecule has 18 heavy (non-hydrogen) atoms. The highest BCUT2D eigenvalue weighted by atomic mass is 35.5. The van der Waals surface area contributed by atoms with Crippen molar-refractivity contribution in [2.45, 2.75) is 6.54 Å². The van der Waals surface area contributed by atoms with E-state index in [-0.39, 0.29) is 5.56 Å². The summed E-state index contributed by atoms with van der Waals surface area (Å²) in [5, 5.41) is 16.5. The van der Waals surface area contributed by atoms with E-state index in [9.17, 15) is 4.79 Å². The molecule has 0 saturated carbocycles. The average molecular weight is 267 g/mol. The fourth-order valence-electron chi connectivity index (χ4n) is 1.49. The third kappa shape index (κ3) is 2.78. The first-order valence-electron chi connectivity index (χ1n) is 5.17. The van der Waals surface area contributed by atoms with Crippen LogP contribution >= 0.6 is 11.6 Å². The first-order valence-corrected chi connectivity index (χ1v) is 5.55. The fourth-order valence-corrected chi connectivity index (χ4v) is 1.66. The van der Waals surface area contributed by atoms with Gasteiger partial charge in [-0.05, 0) is 18.2 Å². The van der Waals surface area contributed by atoms with Crippen LogP contribution in [0.15, 0.2) is 24.5 Å². The molecule has 0 radical (unpaired) electrons. The molecule has 0 spiro atoms. The van der Waals surface area contributed by atoms with Gasteiger partial charge in [-0.2, -0.15) is 5.10 Å². The number of hydrogen-bond donors (Lipinski definition) is 2. The van der Waals surface area contributed by atoms with Crippen molar-refractivity contribution >= 4 is 23.3 Å². The maximum atomic E-state index is 11.1. The second kappa shape index (κ2) is 5.05. The number of rotatable bonds is 4. The molecule has 1 heterocycles. The molecule has 0 aliphatic rings. The molecular weight excluding hydrogens is 256 g/mol. The Morgan fingerprint density at radius 2 is 2.33 bits per heavy atom. The number of anilines is 1. The van der Waals surface area contributed by atoms with E-state index in [0.717, 1.165) is 0 Å². The van der Waals surface area contributed by atoms with Crippen LogP contribution in [0.3, 0.4) is 0 Å². The highest BCUT2D eigenvalue weighted by Crippen LogP contribution is 2.21. The molecule has 2 aromatic rings. The summed E-state index contributed by atoms with van der Waals surface area (Å²) in [7, 11) is 1.77. The smallest absolute Gasteiger partial charge is 0.337 e. The van der Waals surface area contributed by atoms with E-state index < -0.39 is 5.97 Å². The van der Waals surface area contributed by atoms with Crippen molar-refractivity contribution in [2.75, 3.05) is 5.32 Å². The van der Waals surface area contributed by atoms with Crippen molar-refractivity contribution in [2.24, 2.45) is 7.05 Å². The van der Waals surface area contributed by atoms with Gasteiger partial charge in [-0.1, -0.05) is 11.6 Å². The van der Waals surface area contributed by atoms with Crippen molar-refractivity contribution in [3.63, 3.8) is 0 Å². The molecule has 0 bridgehead atoms. The van der Waals surface area contributed by atoms with Crippen molar-refractivity contribution < 1.29 is 9.90 Å². The molecule has 7 heteroatoms. The van der Waals surface area contributed by atoms with Gasteiger partial charge in [0.15, 0.2) is 5.82 Å². The molecule has 2 N–H and O–H groups in total. The van der Waals surface area contributed by atoms with E-state index in [2.05, 4.69) is 15.4 Å². The predicted molar refractivity (Wildman–Crippen MR) is 66.7 cm³/mol. The first kappa shape index (κ1) is 12.4. The number of nitrogens with zero attached hydrogens (tertiary/aromatic N) is 3. The Morgan fingerprint density at radius 3 is 2.94 bits per heavy atom. The molecule has 0 aliphatic carbocycles. The molecule has 0 fully saturated rings. The van der Waals surface area contributed by atoms with Crippen LogP contribution in [-0.2, 0) is 13.6 Å². The Balaban J connectivity index is 2.16. The molecule has 94 valence electrons. The monoisotopic (exact) mass is 266 g/mol. The van der Waals surface area contributed by atoms with Crippen molar-refractivity contribution in [3.8, 4) is 0 Å². The van der Waals surface area contributed by atoms with Gasteiger partial charge in [0.2, 0.25) is 0 Å². The summed E-state index contributed by atoms with van der Waals surface area (Å²) in [5.74, 6) is -0.447. The summed E-state index contributed by atoms with van der Waals surface area (Å²) in [6, 6.07) is 4.65. The molecule has 0 amide bonds. The Bertz CT molecular complexity index is 582. The number of carboxylic acid groups (broad SMARTS) is 1. The summed E-state index contributed by atoms with van der Waals surface area (Å²) in [6.07, 6.45) is 1.58. The summed E-state index contributed by atoms with van der Waals surface area (Å²) >= 11 is 5.76. The minimum atomic E-state index is -1.03. The Morgan fingerprint density at radius 1 is 1.56 bits per heavy atom. The molecule has 2 rings (SSSR count). The second-order valence-corrected chi connectivity index (χ2v) is 4.12. The van der Waals surface area contributed by atoms with Crippen molar-refractivity contribution in [3.05, 3.63) is 40.9 Å². The fraction of sp³-hybridized carbons (Fsp3) is 0.182. The highest BCUT2D eigenvalue weighted by molar-refractivity contribution is 6.31. The lowest BCUT2D eigenvalue weighted by Gasteiger charge is -2.08. The summed E-state index contributed by atoms with van der Waals surface area (Å²) in [6.45, 7) is 0.350. The first-order chi connectivity index (χ1) is 8.56. The molecular formula is C11H11ClN4O2. The van der Waals surface area contributed by atoms with Gasteiger partial charge in [0.1, 0.15) is 6.33 Å². The van der Waals surface area contributed by atoms with Gasteiger partial charge in [-0.15, -0.1) is 0 Å². The van der Waals surface area contributed by atoms with Crippen LogP contribution < -0.4 is 5.32 Å². The Hall–Kier alpha value is -2.08. The van der Waals surface area contributed by atoms with Crippen molar-refractivity contribution in [1.82, 2.24) is 14.8 Å². The number of aromatic carboxylic acids is 1. The number of carboxylic acids is 1. The third-order valence-electron chi connectivity index (χ3n) is 2.30. The number of benzene rings is 1. The molecule has 6 nitrogen and oxygen atoms in total. The molecule has 0 saturated heterocycles. The van der Waals surface area contributed by atoms with Gasteiger partial charge >= 0.3 is 5.97 Å². The van der Waals surface area contributed by atoms with E-state index in [1.54, 1.807) is 30.2 Å². The van der Waals surface area contributed by atoms with E-state index in [0.29, 0.717) is 23.1 Å². The highest BCUT2D eigenvalue weighted by Gasteiger charge is 2.11. The Kier molecular flexibility index (Phi) is 3.47. The number of carbonyl (C=O) groups is 1. The molecule has 1 aromatic heterocycles. The number of nitrogens with one attached hydrogen (secondary N) is 1. The largest absolute Gasteiger partial charge is 0.478 e. The summed E-state index contributed by atoms with van der Waals surface area (Å²) < 4.78 is 1.58. The van der Waals surface area contributed by atoms with Gasteiger partial charge in [0.25, 0.3) is 0 Å². The van der Waals surface area contributed by atoms with Crippen LogP contribution in [0.4, 0.5) is 5.69 Å². The molecule has 0 aliphatic heterocycles. The molecule has 0 unspecified atom stereocenters. The predicted octanol–water partition coefficient (Wildman–Crippen LogP) is 1.78. The van der Waals surface area contributed by atoms with Crippen LogP contribution in [-0.4, -0.2) is 25.8 Å². The minimum Gasteiger partial charge on any atom is -0.478 e. The lowest BCUT2D eigenvalue weighted by molar-refractivity contribution is 0.0698. The SMILES string of the molecule is Cn1cnc(CNc2ccc(Cl)cc2C(=O)O)n1. The number of aryl methyl sites for hydroxylation is 1. The quantitative estimate of drug-likeness (QED) is 0.882. The van der Waals surface area contributed by atoms with Crippen molar-refractivity contribution in [1.29, 1.82) is 0 Å². The summed E-state index contributed by atoms with van der Waals surface area (Å²) in [5.41, 5.74) is 0.609. The molecule has 1 aromatic carbocycles. The number of hydrogen-bond acceptors (Lipinski definition) is 4. The molecule has 0 atom stereocenters. The standard InChI is InChI=1S/C11H11ClN4O2/c1-16-6-14-10(15-16)5-13-9-3-2-7(12)4-8(9)11(17)18/h2-4,6,13H,5H2,1H3,(H,17,18). The second-order valence-electron chi connectivity index (χ2n) is 3.68. The average Bonchev–Trinajstić information content (AvgIpc) is 2.73. The maximum absolute atomic E-state index is 11.1. The van der Waals surface area contributed by atoms with E-state index >= 15 is 0 Å². The van der Waals surface area contributed by atoms with Crippen LogP contribution in [0.5, 0.6) is 0 Å². The maximum Gasteiger partial charge on any atom is 0.337 e. The zero-order valence-corrected chi connectivity index (χ0v) is 10.3. The lowest BCUT2D eigenvalue weighted by Crippen LogP contribution is -2.07. The van der Waals surface area contributed by atoms with E-state index in [1.807, 2.05) is 0 Å². The van der Waals surface area contributed by atoms with E-state index in [1.165, 1.54) is 6.07 Å². The number of aromatic nitrogens is 3. The minimum absolute atomic E-state index is 0.124. The lowest BCUT2D eigenvalue weighted by atomic mass is 10.2. The van der Waals surface area contributed by atoms with Gasteiger partial charge in [0, 0.05) is 17.8 Å². The number of halogens is 1. The zero-order valence-electron chi connectivity index (χ0n) is 9.59. The van der Waals surface area contributed by atoms with Crippen LogP contribution in [0.2, 0.25) is 5.02 Å². The third-order valence-corrected chi connectivity index (χ3v) is 2.53. The van der Waals surface area contributed by atoms with Crippen LogP contribution in [0.25, 0.3) is 0 Å². The van der Waals surface area contributed by atoms with Gasteiger partial charge < -0.3 is 10.4 Å². The van der Waals surface area contributed by atoms with Crippen LogP contribution in [0, 0.1) is 0 Å².